The first-order valence-electron chi connectivity index (χ1n) is 26.2. The van der Waals surface area contributed by atoms with Gasteiger partial charge in [-0.2, -0.15) is 0 Å². The van der Waals surface area contributed by atoms with E-state index >= 15 is 0 Å². The molecular formula is C53H99N7. The van der Waals surface area contributed by atoms with Crippen molar-refractivity contribution in [3.63, 3.8) is 0 Å². The lowest BCUT2D eigenvalue weighted by Gasteiger charge is -2.31. The zero-order chi connectivity index (χ0) is 43.2. The van der Waals surface area contributed by atoms with E-state index in [2.05, 4.69) is 52.0 Å². The van der Waals surface area contributed by atoms with Gasteiger partial charge in [0.05, 0.1) is 0 Å². The molecule has 6 atom stereocenters. The molecule has 10 fully saturated rings. The highest BCUT2D eigenvalue weighted by Crippen LogP contribution is 2.42. The Bertz CT molecular complexity index is 1240. The van der Waals surface area contributed by atoms with Crippen LogP contribution in [0.4, 0.5) is 0 Å². The number of rotatable bonds is 16. The number of hydrogen-bond acceptors (Lipinski definition) is 7. The molecule has 0 aromatic heterocycles. The number of nitrogens with two attached hydrogens (primary N) is 7. The minimum atomic E-state index is 0.288. The summed E-state index contributed by atoms with van der Waals surface area (Å²) >= 11 is 0. The molecule has 60 heavy (non-hydrogen) atoms. The summed E-state index contributed by atoms with van der Waals surface area (Å²) in [5.41, 5.74) is 42.1. The Morgan fingerprint density at radius 3 is 1.17 bits per heavy atom. The minimum absolute atomic E-state index is 0.288. The molecule has 0 bridgehead atoms. The van der Waals surface area contributed by atoms with E-state index < -0.39 is 0 Å². The Labute approximate surface area is 370 Å². The molecule has 11 rings (SSSR count). The molecule has 7 nitrogen and oxygen atoms in total. The third-order valence-electron chi connectivity index (χ3n) is 15.4. The Balaban J connectivity index is 0.000000134. The van der Waals surface area contributed by atoms with Gasteiger partial charge in [0.15, 0.2) is 0 Å². The SMILES string of the molecule is CC(C)[C@H](N)C1CC1.CC[C@H](N)C1CC1.C[C@H](N)C1CC1.NC(CC1CC1)CC1CC1.N[C@@H](C1CCC1)C1CC1.N[C@@H](CC1CC1)C1CC1.N[C@@H](c1ccccc1)C1CC1. The summed E-state index contributed by atoms with van der Waals surface area (Å²) in [6, 6.07) is 13.8. The number of benzene rings is 1. The van der Waals surface area contributed by atoms with Crippen LogP contribution >= 0.6 is 0 Å². The summed E-state index contributed by atoms with van der Waals surface area (Å²) in [4.78, 5) is 0. The fourth-order valence-corrected chi connectivity index (χ4v) is 8.71. The zero-order valence-electron chi connectivity index (χ0n) is 39.5. The third kappa shape index (κ3) is 22.0. The molecule has 346 valence electrons. The van der Waals surface area contributed by atoms with E-state index in [0.29, 0.717) is 42.2 Å². The predicted octanol–water partition coefficient (Wildman–Crippen LogP) is 10.3. The molecule has 10 aliphatic carbocycles. The van der Waals surface area contributed by atoms with Crippen molar-refractivity contribution >= 4 is 0 Å². The van der Waals surface area contributed by atoms with E-state index in [1.807, 2.05) is 6.07 Å². The van der Waals surface area contributed by atoms with Gasteiger partial charge in [0.1, 0.15) is 0 Å². The Hall–Kier alpha value is -1.06. The first-order chi connectivity index (χ1) is 28.8. The average molecular weight is 834 g/mol. The molecule has 0 saturated heterocycles. The lowest BCUT2D eigenvalue weighted by atomic mass is 9.78. The van der Waals surface area contributed by atoms with Crippen LogP contribution in [0.15, 0.2) is 30.3 Å². The molecule has 1 aromatic rings. The van der Waals surface area contributed by atoms with Gasteiger partial charge in [-0.3, -0.25) is 0 Å². The van der Waals surface area contributed by atoms with Crippen LogP contribution < -0.4 is 40.1 Å². The molecular weight excluding hydrogens is 735 g/mol. The molecule has 7 heteroatoms. The molecule has 14 N–H and O–H groups in total. The van der Waals surface area contributed by atoms with Crippen LogP contribution in [-0.4, -0.2) is 36.3 Å². The van der Waals surface area contributed by atoms with E-state index in [0.717, 1.165) is 65.6 Å². The van der Waals surface area contributed by atoms with Crippen molar-refractivity contribution in [3.8, 4) is 0 Å². The van der Waals surface area contributed by atoms with Crippen molar-refractivity contribution in [1.82, 2.24) is 0 Å². The van der Waals surface area contributed by atoms with Crippen LogP contribution in [0.2, 0.25) is 0 Å². The van der Waals surface area contributed by atoms with E-state index in [1.54, 1.807) is 0 Å². The van der Waals surface area contributed by atoms with E-state index in [1.165, 1.54) is 160 Å². The summed E-state index contributed by atoms with van der Waals surface area (Å²) in [7, 11) is 0. The highest BCUT2D eigenvalue weighted by Gasteiger charge is 2.36. The molecule has 0 spiro atoms. The minimum Gasteiger partial charge on any atom is -0.328 e. The Kier molecular flexibility index (Phi) is 21.2. The molecule has 0 unspecified atom stereocenters. The summed E-state index contributed by atoms with van der Waals surface area (Å²) in [6.07, 6.45) is 34.7. The van der Waals surface area contributed by atoms with Gasteiger partial charge in [0, 0.05) is 42.3 Å². The van der Waals surface area contributed by atoms with Crippen LogP contribution in [0.25, 0.3) is 0 Å². The maximum absolute atomic E-state index is 6.00. The fourth-order valence-electron chi connectivity index (χ4n) is 8.71. The molecule has 0 aliphatic heterocycles. The molecule has 10 aliphatic rings. The number of hydrogen-bond donors (Lipinski definition) is 7. The zero-order valence-corrected chi connectivity index (χ0v) is 39.5. The van der Waals surface area contributed by atoms with Gasteiger partial charge in [-0.05, 0) is 193 Å². The largest absolute Gasteiger partial charge is 0.328 e. The van der Waals surface area contributed by atoms with Gasteiger partial charge in [-0.1, -0.05) is 96.0 Å². The highest BCUT2D eigenvalue weighted by atomic mass is 14.7. The van der Waals surface area contributed by atoms with Crippen LogP contribution in [-0.2, 0) is 0 Å². The fraction of sp³-hybridized carbons (Fsp3) is 0.887. The van der Waals surface area contributed by atoms with Crippen LogP contribution in [0, 0.1) is 65.1 Å². The van der Waals surface area contributed by atoms with E-state index in [4.69, 9.17) is 40.1 Å². The second-order valence-electron chi connectivity index (χ2n) is 22.4. The van der Waals surface area contributed by atoms with Gasteiger partial charge in [0.25, 0.3) is 0 Å². The molecule has 0 amide bonds. The van der Waals surface area contributed by atoms with Crippen LogP contribution in [0.5, 0.6) is 0 Å². The van der Waals surface area contributed by atoms with Gasteiger partial charge >= 0.3 is 0 Å². The van der Waals surface area contributed by atoms with Crippen molar-refractivity contribution < 1.29 is 0 Å². The van der Waals surface area contributed by atoms with Crippen molar-refractivity contribution in [2.45, 2.75) is 231 Å². The van der Waals surface area contributed by atoms with Crippen molar-refractivity contribution in [3.05, 3.63) is 35.9 Å². The first-order valence-corrected chi connectivity index (χ1v) is 26.2. The van der Waals surface area contributed by atoms with Gasteiger partial charge in [-0.25, -0.2) is 0 Å². The maximum Gasteiger partial charge on any atom is 0.0323 e. The standard InChI is InChI=1S/C10H13N.C9H17N.2C8H15N.C7H15N.C6H13N.C5H11N/c11-10(9-6-7-9)8-4-2-1-3-5-8;10-9(5-7-1-2-7)6-8-3-4-8;9-8(7-3-4-7)5-6-1-2-6;9-8(7-4-5-7)6-2-1-3-6;1-5(2)7(8)6-3-4-6;1-2-6(7)5-3-4-5;1-4(6)5-2-3-5/h1-5,9-10H,6-7,11H2;7-9H,1-6,10H2;2*6-8H,1-5,9H2;5-7H,3-4,8H2,1-2H3;5-6H,2-4,7H2,1H3;4-5H,2-3,6H2,1H3/t10-;;2*8-;7-;6-;4-/m0.00000/s1. The maximum atomic E-state index is 6.00. The topological polar surface area (TPSA) is 182 Å². The molecule has 10 saturated carbocycles. The highest BCUT2D eigenvalue weighted by molar-refractivity contribution is 5.20. The lowest BCUT2D eigenvalue weighted by Crippen LogP contribution is -2.36. The summed E-state index contributed by atoms with van der Waals surface area (Å²) in [5.74, 6) is 9.92. The van der Waals surface area contributed by atoms with Crippen LogP contribution in [0.3, 0.4) is 0 Å². The molecule has 0 heterocycles. The summed E-state index contributed by atoms with van der Waals surface area (Å²) in [6.45, 7) is 8.63. The Morgan fingerprint density at radius 2 is 0.867 bits per heavy atom. The van der Waals surface area contributed by atoms with E-state index in [-0.39, 0.29) is 6.04 Å². The third-order valence-corrected chi connectivity index (χ3v) is 15.4. The second-order valence-corrected chi connectivity index (χ2v) is 22.4. The first kappa shape index (κ1) is 49.9. The van der Waals surface area contributed by atoms with Gasteiger partial charge in [0.2, 0.25) is 0 Å². The smallest absolute Gasteiger partial charge is 0.0323 e. The quantitative estimate of drug-likeness (QED) is 0.0865. The average Bonchev–Trinajstić information content (AvgIpc) is 4.04. The van der Waals surface area contributed by atoms with E-state index in [9.17, 15) is 0 Å². The lowest BCUT2D eigenvalue weighted by molar-refractivity contribution is 0.244. The normalized spacial score (nSPS) is 26.0. The monoisotopic (exact) mass is 834 g/mol. The Morgan fingerprint density at radius 1 is 0.450 bits per heavy atom. The molecule has 0 radical (unpaired) electrons. The summed E-state index contributed by atoms with van der Waals surface area (Å²) < 4.78 is 0. The molecule has 1 aromatic carbocycles. The van der Waals surface area contributed by atoms with Crippen molar-refractivity contribution in [2.24, 2.45) is 105 Å². The van der Waals surface area contributed by atoms with Gasteiger partial charge < -0.3 is 40.1 Å². The van der Waals surface area contributed by atoms with Gasteiger partial charge in [-0.15, -0.1) is 0 Å². The van der Waals surface area contributed by atoms with Crippen molar-refractivity contribution in [2.75, 3.05) is 0 Å². The second kappa shape index (κ2) is 25.4. The predicted molar refractivity (Wildman–Crippen MR) is 258 cm³/mol. The van der Waals surface area contributed by atoms with Crippen LogP contribution in [0.1, 0.15) is 200 Å². The summed E-state index contributed by atoms with van der Waals surface area (Å²) in [5, 5.41) is 0. The van der Waals surface area contributed by atoms with Crippen molar-refractivity contribution in [1.29, 1.82) is 0 Å².